The van der Waals surface area contributed by atoms with E-state index < -0.39 is 5.50 Å². The Balaban J connectivity index is 2.27. The molecule has 0 spiro atoms. The molecule has 1 unspecified atom stereocenters. The molecule has 0 N–H and O–H groups in total. The molecule has 4 heteroatoms. The number of hydrogen-bond acceptors (Lipinski definition) is 2. The molecular weight excluding hydrogens is 279 g/mol. The van der Waals surface area contributed by atoms with Crippen molar-refractivity contribution in [3.8, 4) is 0 Å². The van der Waals surface area contributed by atoms with Gasteiger partial charge in [-0.3, -0.25) is 4.99 Å². The zero-order chi connectivity index (χ0) is 13.8. The molecule has 1 aliphatic heterocycles. The molecule has 1 aromatic rings. The van der Waals surface area contributed by atoms with Crippen molar-refractivity contribution < 1.29 is 0 Å². The zero-order valence-electron chi connectivity index (χ0n) is 10.6. The molecule has 19 heavy (non-hydrogen) atoms. The molecule has 0 amide bonds. The molecule has 1 aliphatic rings. The van der Waals surface area contributed by atoms with Crippen LogP contribution in [0.5, 0.6) is 0 Å². The van der Waals surface area contributed by atoms with Gasteiger partial charge in [0.2, 0.25) is 0 Å². The highest BCUT2D eigenvalue weighted by atomic mass is 35.5. The minimum atomic E-state index is -0.398. The monoisotopic (exact) mass is 292 g/mol. The first kappa shape index (κ1) is 14.0. The second-order valence-electron chi connectivity index (χ2n) is 4.23. The van der Waals surface area contributed by atoms with Crippen molar-refractivity contribution >= 4 is 28.9 Å². The number of nitrogens with zero attached hydrogens (tertiary/aromatic N) is 2. The second kappa shape index (κ2) is 6.12. The highest BCUT2D eigenvalue weighted by Crippen LogP contribution is 2.24. The fraction of sp³-hybridized carbons (Fsp3) is 0.200. The summed E-state index contributed by atoms with van der Waals surface area (Å²) in [5.41, 5.74) is 5.34. The van der Waals surface area contributed by atoms with E-state index in [1.807, 2.05) is 25.2 Å². The number of alkyl halides is 1. The van der Waals surface area contributed by atoms with Gasteiger partial charge in [0, 0.05) is 19.0 Å². The summed E-state index contributed by atoms with van der Waals surface area (Å²) in [6.45, 7) is 3.74. The van der Waals surface area contributed by atoms with Gasteiger partial charge in [-0.15, -0.1) is 5.73 Å². The van der Waals surface area contributed by atoms with Gasteiger partial charge in [0.05, 0.1) is 11.9 Å². The number of halogens is 2. The normalized spacial score (nSPS) is 18.5. The van der Waals surface area contributed by atoms with Crippen LogP contribution >= 0.6 is 23.2 Å². The van der Waals surface area contributed by atoms with Crippen LogP contribution in [0.3, 0.4) is 0 Å². The maximum absolute atomic E-state index is 6.35. The lowest BCUT2D eigenvalue weighted by Crippen LogP contribution is -2.35. The van der Waals surface area contributed by atoms with Crippen LogP contribution in [0.25, 0.3) is 0 Å². The molecule has 2 rings (SSSR count). The van der Waals surface area contributed by atoms with E-state index in [0.29, 0.717) is 11.6 Å². The molecule has 1 heterocycles. The van der Waals surface area contributed by atoms with Crippen molar-refractivity contribution in [2.24, 2.45) is 4.99 Å². The number of rotatable bonds is 3. The molecule has 1 aromatic carbocycles. The second-order valence-corrected chi connectivity index (χ2v) is 5.03. The SMILES string of the molecule is C=C=C(Cc1ccccc1)C1=NC=C(Cl)N(C)C1Cl. The topological polar surface area (TPSA) is 15.6 Å². The van der Waals surface area contributed by atoms with Crippen LogP contribution in [0.1, 0.15) is 5.56 Å². The largest absolute Gasteiger partial charge is 0.343 e. The highest BCUT2D eigenvalue weighted by molar-refractivity contribution is 6.37. The summed E-state index contributed by atoms with van der Waals surface area (Å²) < 4.78 is 0. The third-order valence-corrected chi connectivity index (χ3v) is 3.82. The standard InChI is InChI=1S/C15H14Cl2N2/c1-3-12(9-11-7-5-4-6-8-11)14-15(17)19(2)13(16)10-18-14/h4-8,10,15H,1,9H2,2H3. The first-order chi connectivity index (χ1) is 9.13. The first-order valence-electron chi connectivity index (χ1n) is 5.87. The van der Waals surface area contributed by atoms with E-state index in [-0.39, 0.29) is 0 Å². The van der Waals surface area contributed by atoms with Crippen molar-refractivity contribution in [3.05, 3.63) is 65.1 Å². The van der Waals surface area contributed by atoms with Gasteiger partial charge in [-0.2, -0.15) is 0 Å². The van der Waals surface area contributed by atoms with Crippen LogP contribution in [-0.4, -0.2) is 23.2 Å². The van der Waals surface area contributed by atoms with Crippen molar-refractivity contribution in [3.63, 3.8) is 0 Å². The van der Waals surface area contributed by atoms with Gasteiger partial charge >= 0.3 is 0 Å². The summed E-state index contributed by atoms with van der Waals surface area (Å²) in [7, 11) is 1.83. The fourth-order valence-corrected chi connectivity index (χ4v) is 2.32. The molecule has 1 atom stereocenters. The smallest absolute Gasteiger partial charge is 0.148 e. The first-order valence-corrected chi connectivity index (χ1v) is 6.68. The molecule has 0 fully saturated rings. The molecule has 0 radical (unpaired) electrons. The van der Waals surface area contributed by atoms with Crippen molar-refractivity contribution in [2.45, 2.75) is 11.9 Å². The third kappa shape index (κ3) is 3.10. The van der Waals surface area contributed by atoms with E-state index in [1.165, 1.54) is 5.56 Å². The molecule has 2 nitrogen and oxygen atoms in total. The Morgan fingerprint density at radius 1 is 1.42 bits per heavy atom. The minimum Gasteiger partial charge on any atom is -0.343 e. The molecule has 0 bridgehead atoms. The lowest BCUT2D eigenvalue weighted by molar-refractivity contribution is 0.466. The van der Waals surface area contributed by atoms with Crippen molar-refractivity contribution in [1.82, 2.24) is 4.90 Å². The predicted octanol–water partition coefficient (Wildman–Crippen LogP) is 3.93. The Morgan fingerprint density at radius 3 is 2.74 bits per heavy atom. The summed E-state index contributed by atoms with van der Waals surface area (Å²) in [4.78, 5) is 6.08. The average molecular weight is 293 g/mol. The Hall–Kier alpha value is -1.47. The highest BCUT2D eigenvalue weighted by Gasteiger charge is 2.25. The number of hydrogen-bond donors (Lipinski definition) is 0. The van der Waals surface area contributed by atoms with Crippen LogP contribution in [0.15, 0.2) is 64.6 Å². The molecule has 0 saturated carbocycles. The Morgan fingerprint density at radius 2 is 2.11 bits per heavy atom. The van der Waals surface area contributed by atoms with Gasteiger partial charge in [0.15, 0.2) is 0 Å². The molecule has 0 saturated heterocycles. The van der Waals surface area contributed by atoms with E-state index in [0.717, 1.165) is 11.3 Å². The average Bonchev–Trinajstić information content (AvgIpc) is 2.44. The van der Waals surface area contributed by atoms with E-state index in [4.69, 9.17) is 23.2 Å². The van der Waals surface area contributed by atoms with Gasteiger partial charge in [-0.1, -0.05) is 60.1 Å². The lowest BCUT2D eigenvalue weighted by atomic mass is 10.0. The van der Waals surface area contributed by atoms with Gasteiger partial charge in [-0.25, -0.2) is 0 Å². The van der Waals surface area contributed by atoms with E-state index >= 15 is 0 Å². The molecule has 0 aliphatic carbocycles. The Kier molecular flexibility index (Phi) is 4.49. The van der Waals surface area contributed by atoms with Crippen LogP contribution in [0, 0.1) is 0 Å². The Labute approximate surface area is 123 Å². The van der Waals surface area contributed by atoms with Crippen LogP contribution in [0.2, 0.25) is 0 Å². The van der Waals surface area contributed by atoms with Crippen molar-refractivity contribution in [1.29, 1.82) is 0 Å². The fourth-order valence-electron chi connectivity index (χ4n) is 1.83. The maximum Gasteiger partial charge on any atom is 0.148 e. The quantitative estimate of drug-likeness (QED) is 0.468. The molecule has 98 valence electrons. The number of benzene rings is 1. The molecular formula is C15H14Cl2N2. The van der Waals surface area contributed by atoms with Crippen LogP contribution in [-0.2, 0) is 6.42 Å². The Bertz CT molecular complexity index is 569. The van der Waals surface area contributed by atoms with Crippen LogP contribution < -0.4 is 0 Å². The maximum atomic E-state index is 6.35. The summed E-state index contributed by atoms with van der Waals surface area (Å²) in [6, 6.07) is 10.1. The van der Waals surface area contributed by atoms with E-state index in [2.05, 4.69) is 29.4 Å². The van der Waals surface area contributed by atoms with Gasteiger partial charge in [0.25, 0.3) is 0 Å². The van der Waals surface area contributed by atoms with Gasteiger partial charge in [-0.05, 0) is 5.56 Å². The van der Waals surface area contributed by atoms with Crippen LogP contribution in [0.4, 0.5) is 0 Å². The molecule has 0 aromatic heterocycles. The van der Waals surface area contributed by atoms with Gasteiger partial charge in [0.1, 0.15) is 10.7 Å². The third-order valence-electron chi connectivity index (χ3n) is 2.96. The summed E-state index contributed by atoms with van der Waals surface area (Å²) in [5.74, 6) is 0. The summed E-state index contributed by atoms with van der Waals surface area (Å²) >= 11 is 12.3. The van der Waals surface area contributed by atoms with E-state index in [9.17, 15) is 0 Å². The minimum absolute atomic E-state index is 0.398. The zero-order valence-corrected chi connectivity index (χ0v) is 12.1. The summed E-state index contributed by atoms with van der Waals surface area (Å²) in [5, 5.41) is 0.520. The predicted molar refractivity (Wildman–Crippen MR) is 81.6 cm³/mol. The van der Waals surface area contributed by atoms with E-state index in [1.54, 1.807) is 11.1 Å². The van der Waals surface area contributed by atoms with Crippen molar-refractivity contribution in [2.75, 3.05) is 7.05 Å². The van der Waals surface area contributed by atoms with Gasteiger partial charge < -0.3 is 4.90 Å². The summed E-state index contributed by atoms with van der Waals surface area (Å²) in [6.07, 6.45) is 2.30. The number of aliphatic imine (C=N–C) groups is 1. The lowest BCUT2D eigenvalue weighted by Gasteiger charge is -2.28.